The number of rotatable bonds is 4. The van der Waals surface area contributed by atoms with E-state index in [4.69, 9.17) is 0 Å². The highest BCUT2D eigenvalue weighted by atomic mass is 14.1. The van der Waals surface area contributed by atoms with Crippen molar-refractivity contribution in [3.8, 4) is 11.1 Å². The summed E-state index contributed by atoms with van der Waals surface area (Å²) in [6.45, 7) is 11.4. The van der Waals surface area contributed by atoms with Crippen molar-refractivity contribution in [2.45, 2.75) is 13.7 Å². The highest BCUT2D eigenvalue weighted by molar-refractivity contribution is 6.05. The predicted octanol–water partition coefficient (Wildman–Crippen LogP) is 6.77. The van der Waals surface area contributed by atoms with Crippen molar-refractivity contribution in [2.75, 3.05) is 0 Å². The average molecular weight is 322 g/mol. The molecular formula is C24H23B. The molecule has 1 heteroatoms. The molecule has 0 nitrogen and oxygen atoms in total. The van der Waals surface area contributed by atoms with Crippen molar-refractivity contribution in [3.05, 3.63) is 103 Å². The standard InChI is InChI=1S/C23H20.CH3B/c1-4-8-18(5-2)20-15-16-21(19-13-11-17(3)12-14-19)23-10-7-6-9-22(20)23;1-2/h4-16H,1-2H2,3H3;1H3/b18-8+;. The van der Waals surface area contributed by atoms with Gasteiger partial charge in [-0.3, -0.25) is 0 Å². The first-order chi connectivity index (χ1) is 12.2. The van der Waals surface area contributed by atoms with Crippen molar-refractivity contribution in [2.24, 2.45) is 0 Å². The maximum Gasteiger partial charge on any atom is 0.0606 e. The van der Waals surface area contributed by atoms with E-state index < -0.39 is 0 Å². The molecule has 0 aliphatic rings. The van der Waals surface area contributed by atoms with E-state index in [0.717, 1.165) is 5.57 Å². The molecule has 25 heavy (non-hydrogen) atoms. The van der Waals surface area contributed by atoms with Gasteiger partial charge in [-0.25, -0.2) is 0 Å². The molecular weight excluding hydrogens is 299 g/mol. The molecule has 0 unspecified atom stereocenters. The third kappa shape index (κ3) is 4.00. The second-order valence-corrected chi connectivity index (χ2v) is 5.63. The van der Waals surface area contributed by atoms with Gasteiger partial charge in [0.05, 0.1) is 7.85 Å². The Labute approximate surface area is 152 Å². The van der Waals surface area contributed by atoms with Gasteiger partial charge in [-0.1, -0.05) is 104 Å². The number of aryl methyl sites for hydroxylation is 1. The summed E-state index contributed by atoms with van der Waals surface area (Å²) in [6.07, 6.45) is 5.69. The smallest absolute Gasteiger partial charge is 0.0606 e. The van der Waals surface area contributed by atoms with Crippen LogP contribution in [0.25, 0.3) is 27.5 Å². The summed E-state index contributed by atoms with van der Waals surface area (Å²) >= 11 is 0. The van der Waals surface area contributed by atoms with Gasteiger partial charge in [0, 0.05) is 0 Å². The monoisotopic (exact) mass is 322 g/mol. The molecule has 0 atom stereocenters. The molecule has 0 aromatic heterocycles. The lowest BCUT2D eigenvalue weighted by molar-refractivity contribution is 1.47. The number of hydrogen-bond donors (Lipinski definition) is 0. The molecule has 0 heterocycles. The maximum atomic E-state index is 4.50. The Bertz CT molecular complexity index is 899. The van der Waals surface area contributed by atoms with Gasteiger partial charge in [-0.15, -0.1) is 0 Å². The molecule has 3 rings (SSSR count). The van der Waals surface area contributed by atoms with Crippen LogP contribution in [-0.2, 0) is 0 Å². The van der Waals surface area contributed by atoms with Gasteiger partial charge in [0.2, 0.25) is 0 Å². The number of hydrogen-bond acceptors (Lipinski definition) is 0. The molecule has 0 saturated carbocycles. The topological polar surface area (TPSA) is 0 Å². The van der Waals surface area contributed by atoms with Crippen LogP contribution in [0.5, 0.6) is 0 Å². The first-order valence-corrected chi connectivity index (χ1v) is 8.36. The fourth-order valence-corrected chi connectivity index (χ4v) is 2.93. The second-order valence-electron chi connectivity index (χ2n) is 5.63. The molecule has 0 saturated heterocycles. The van der Waals surface area contributed by atoms with E-state index in [2.05, 4.69) is 88.6 Å². The average Bonchev–Trinajstić information content (AvgIpc) is 2.68. The molecule has 3 aromatic carbocycles. The lowest BCUT2D eigenvalue weighted by Crippen LogP contribution is -1.88. The van der Waals surface area contributed by atoms with E-state index in [9.17, 15) is 0 Å². The van der Waals surface area contributed by atoms with Crippen LogP contribution in [0.3, 0.4) is 0 Å². The van der Waals surface area contributed by atoms with E-state index in [1.165, 1.54) is 39.8 Å². The van der Waals surface area contributed by atoms with Crippen LogP contribution >= 0.6 is 0 Å². The van der Waals surface area contributed by atoms with Crippen LogP contribution in [-0.4, -0.2) is 7.85 Å². The largest absolute Gasteiger partial charge is 0.0999 e. The van der Waals surface area contributed by atoms with Crippen molar-refractivity contribution in [1.29, 1.82) is 0 Å². The fourth-order valence-electron chi connectivity index (χ4n) is 2.93. The molecule has 0 aliphatic carbocycles. The Hall–Kier alpha value is -2.80. The molecule has 0 fully saturated rings. The van der Waals surface area contributed by atoms with E-state index in [0.29, 0.717) is 0 Å². The minimum atomic E-state index is 1.09. The summed E-state index contributed by atoms with van der Waals surface area (Å²) in [5.74, 6) is 0. The predicted molar refractivity (Wildman–Crippen MR) is 114 cm³/mol. The Morgan fingerprint density at radius 3 is 2.08 bits per heavy atom. The van der Waals surface area contributed by atoms with E-state index in [1.807, 2.05) is 12.2 Å². The molecule has 0 N–H and O–H groups in total. The summed E-state index contributed by atoms with van der Waals surface area (Å²) in [7, 11) is 4.50. The summed E-state index contributed by atoms with van der Waals surface area (Å²) < 4.78 is 0. The lowest BCUT2D eigenvalue weighted by Gasteiger charge is -2.12. The van der Waals surface area contributed by atoms with Crippen LogP contribution in [0.2, 0.25) is 6.82 Å². The first kappa shape index (κ1) is 18.5. The Balaban J connectivity index is 0.00000109. The highest BCUT2D eigenvalue weighted by Crippen LogP contribution is 2.34. The van der Waals surface area contributed by atoms with E-state index >= 15 is 0 Å². The minimum Gasteiger partial charge on any atom is -0.0999 e. The van der Waals surface area contributed by atoms with Crippen molar-refractivity contribution >= 4 is 24.2 Å². The van der Waals surface area contributed by atoms with Crippen molar-refractivity contribution in [3.63, 3.8) is 0 Å². The summed E-state index contributed by atoms with van der Waals surface area (Å²) in [6, 6.07) is 21.6. The van der Waals surface area contributed by atoms with Gasteiger partial charge in [0.15, 0.2) is 0 Å². The molecule has 0 amide bonds. The maximum absolute atomic E-state index is 4.50. The number of allylic oxidation sites excluding steroid dienone is 4. The molecule has 3 aromatic rings. The SMILES string of the molecule is C=C/C=C(\C=C)c1ccc(-c2ccc(C)cc2)c2ccccc12.[B]C. The molecule has 0 bridgehead atoms. The van der Waals surface area contributed by atoms with Gasteiger partial charge in [-0.05, 0) is 40.0 Å². The Morgan fingerprint density at radius 2 is 1.48 bits per heavy atom. The lowest BCUT2D eigenvalue weighted by atomic mass is 9.91. The van der Waals surface area contributed by atoms with Gasteiger partial charge in [0.25, 0.3) is 0 Å². The highest BCUT2D eigenvalue weighted by Gasteiger charge is 2.09. The van der Waals surface area contributed by atoms with E-state index in [-0.39, 0.29) is 0 Å². The molecule has 0 aliphatic heterocycles. The van der Waals surface area contributed by atoms with Crippen LogP contribution in [0, 0.1) is 6.92 Å². The zero-order chi connectivity index (χ0) is 18.2. The van der Waals surface area contributed by atoms with Gasteiger partial charge < -0.3 is 0 Å². The summed E-state index contributed by atoms with van der Waals surface area (Å²) in [5, 5.41) is 2.49. The van der Waals surface area contributed by atoms with Crippen LogP contribution in [0.15, 0.2) is 92.0 Å². The van der Waals surface area contributed by atoms with Gasteiger partial charge >= 0.3 is 0 Å². The van der Waals surface area contributed by atoms with Crippen LogP contribution in [0.1, 0.15) is 11.1 Å². The molecule has 122 valence electrons. The molecule has 2 radical (unpaired) electrons. The third-order valence-electron chi connectivity index (χ3n) is 4.11. The van der Waals surface area contributed by atoms with E-state index in [1.54, 1.807) is 6.08 Å². The summed E-state index contributed by atoms with van der Waals surface area (Å²) in [5.41, 5.74) is 6.05. The number of benzene rings is 3. The van der Waals surface area contributed by atoms with Crippen molar-refractivity contribution in [1.82, 2.24) is 0 Å². The van der Waals surface area contributed by atoms with Crippen LogP contribution < -0.4 is 0 Å². The van der Waals surface area contributed by atoms with Gasteiger partial charge in [0.1, 0.15) is 0 Å². The zero-order valence-corrected chi connectivity index (χ0v) is 15.0. The normalized spacial score (nSPS) is 10.7. The minimum absolute atomic E-state index is 1.09. The van der Waals surface area contributed by atoms with Crippen LogP contribution in [0.4, 0.5) is 0 Å². The van der Waals surface area contributed by atoms with Crippen molar-refractivity contribution < 1.29 is 0 Å². The third-order valence-corrected chi connectivity index (χ3v) is 4.11. The second kappa shape index (κ2) is 8.89. The molecule has 0 spiro atoms. The fraction of sp³-hybridized carbons (Fsp3) is 0.0833. The quantitative estimate of drug-likeness (QED) is 0.367. The summed E-state index contributed by atoms with van der Waals surface area (Å²) in [4.78, 5) is 0. The first-order valence-electron chi connectivity index (χ1n) is 8.36. The van der Waals surface area contributed by atoms with Gasteiger partial charge in [-0.2, -0.15) is 0 Å². The zero-order valence-electron chi connectivity index (χ0n) is 15.0. The number of fused-ring (bicyclic) bond motifs is 1. The Morgan fingerprint density at radius 1 is 0.840 bits per heavy atom. The Kier molecular flexibility index (Phi) is 6.59.